The molecule has 3 nitrogen and oxygen atoms in total. The van der Waals surface area contributed by atoms with Crippen LogP contribution in [0.5, 0.6) is 0 Å². The summed E-state index contributed by atoms with van der Waals surface area (Å²) in [6, 6.07) is -0.763. The predicted molar refractivity (Wildman–Crippen MR) is 47.5 cm³/mol. The number of piperidine rings is 1. The molecule has 1 N–H and O–H groups in total. The minimum absolute atomic E-state index is 0.125. The van der Waals surface area contributed by atoms with Crippen molar-refractivity contribution in [1.29, 1.82) is 0 Å². The zero-order chi connectivity index (χ0) is 10.8. The summed E-state index contributed by atoms with van der Waals surface area (Å²) >= 11 is 0. The normalized spacial score (nSPS) is 24.5. The van der Waals surface area contributed by atoms with Crippen molar-refractivity contribution in [2.75, 3.05) is 13.1 Å². The molecule has 0 radical (unpaired) electrons. The highest BCUT2D eigenvalue weighted by molar-refractivity contribution is 5.73. The summed E-state index contributed by atoms with van der Waals surface area (Å²) in [5.41, 5.74) is 0. The summed E-state index contributed by atoms with van der Waals surface area (Å²) in [4.78, 5) is 12.1. The van der Waals surface area contributed by atoms with E-state index in [-0.39, 0.29) is 6.42 Å². The molecule has 1 aliphatic heterocycles. The van der Waals surface area contributed by atoms with Crippen LogP contribution in [0.25, 0.3) is 0 Å². The van der Waals surface area contributed by atoms with Crippen LogP contribution in [-0.2, 0) is 4.79 Å². The van der Waals surface area contributed by atoms with Crippen LogP contribution in [0, 0.1) is 0 Å². The Morgan fingerprint density at radius 3 is 2.71 bits per heavy atom. The summed E-state index contributed by atoms with van der Waals surface area (Å²) in [7, 11) is 0. The highest BCUT2D eigenvalue weighted by Gasteiger charge is 2.39. The third-order valence-corrected chi connectivity index (χ3v) is 2.53. The standard InChI is InChI=1S/C9H15F2NO2/c1-2-7(8(13)14)12-5-3-4-9(10,11)6-12/h7H,2-6H2,1H3,(H,13,14)/t7-/m0/s1. The van der Waals surface area contributed by atoms with Gasteiger partial charge in [-0.25, -0.2) is 8.78 Å². The number of alkyl halides is 2. The van der Waals surface area contributed by atoms with Crippen molar-refractivity contribution in [2.24, 2.45) is 0 Å². The quantitative estimate of drug-likeness (QED) is 0.763. The average Bonchev–Trinajstić information content (AvgIpc) is 2.02. The number of carboxylic acid groups (broad SMARTS) is 1. The summed E-state index contributed by atoms with van der Waals surface area (Å²) in [5.74, 6) is -3.73. The number of halogens is 2. The third-order valence-electron chi connectivity index (χ3n) is 2.53. The molecule has 0 aromatic heterocycles. The summed E-state index contributed by atoms with van der Waals surface area (Å²) in [6.45, 7) is 1.74. The Hall–Kier alpha value is -0.710. The van der Waals surface area contributed by atoms with E-state index in [1.54, 1.807) is 6.92 Å². The van der Waals surface area contributed by atoms with Gasteiger partial charge < -0.3 is 5.11 Å². The molecule has 1 atom stereocenters. The Morgan fingerprint density at radius 2 is 2.29 bits per heavy atom. The van der Waals surface area contributed by atoms with E-state index < -0.39 is 24.5 Å². The molecule has 0 saturated carbocycles. The molecule has 0 amide bonds. The third kappa shape index (κ3) is 2.64. The number of aliphatic carboxylic acids is 1. The van der Waals surface area contributed by atoms with Gasteiger partial charge in [0, 0.05) is 6.42 Å². The van der Waals surface area contributed by atoms with E-state index in [1.807, 2.05) is 0 Å². The van der Waals surface area contributed by atoms with Gasteiger partial charge in [0.2, 0.25) is 0 Å². The Kier molecular flexibility index (Phi) is 3.42. The van der Waals surface area contributed by atoms with E-state index in [1.165, 1.54) is 4.90 Å². The first-order chi connectivity index (χ1) is 6.46. The van der Waals surface area contributed by atoms with Gasteiger partial charge in [-0.15, -0.1) is 0 Å². The van der Waals surface area contributed by atoms with E-state index in [0.717, 1.165) is 0 Å². The van der Waals surface area contributed by atoms with Gasteiger partial charge in [-0.2, -0.15) is 0 Å². The molecular weight excluding hydrogens is 192 g/mol. The van der Waals surface area contributed by atoms with Crippen molar-refractivity contribution < 1.29 is 18.7 Å². The van der Waals surface area contributed by atoms with Crippen molar-refractivity contribution in [3.63, 3.8) is 0 Å². The number of carbonyl (C=O) groups is 1. The first-order valence-corrected chi connectivity index (χ1v) is 4.81. The Labute approximate surface area is 81.7 Å². The molecule has 1 fully saturated rings. The van der Waals surface area contributed by atoms with Crippen molar-refractivity contribution in [2.45, 2.75) is 38.2 Å². The monoisotopic (exact) mass is 207 g/mol. The van der Waals surface area contributed by atoms with E-state index in [9.17, 15) is 13.6 Å². The van der Waals surface area contributed by atoms with Crippen molar-refractivity contribution in [3.8, 4) is 0 Å². The number of likely N-dealkylation sites (tertiary alicyclic amines) is 1. The molecule has 0 aliphatic carbocycles. The molecule has 1 heterocycles. The fraction of sp³-hybridized carbons (Fsp3) is 0.889. The fourth-order valence-electron chi connectivity index (χ4n) is 1.85. The largest absolute Gasteiger partial charge is 0.480 e. The van der Waals surface area contributed by atoms with E-state index in [4.69, 9.17) is 5.11 Å². The minimum Gasteiger partial charge on any atom is -0.480 e. The topological polar surface area (TPSA) is 40.5 Å². The van der Waals surface area contributed by atoms with Crippen molar-refractivity contribution in [3.05, 3.63) is 0 Å². The number of hydrogen-bond donors (Lipinski definition) is 1. The van der Waals surface area contributed by atoms with Crippen LogP contribution in [0.4, 0.5) is 8.78 Å². The highest BCUT2D eigenvalue weighted by atomic mass is 19.3. The first-order valence-electron chi connectivity index (χ1n) is 4.81. The number of hydrogen-bond acceptors (Lipinski definition) is 2. The maximum atomic E-state index is 13.0. The number of rotatable bonds is 3. The lowest BCUT2D eigenvalue weighted by Gasteiger charge is -2.35. The fourth-order valence-corrected chi connectivity index (χ4v) is 1.85. The highest BCUT2D eigenvalue weighted by Crippen LogP contribution is 2.28. The van der Waals surface area contributed by atoms with Crippen LogP contribution >= 0.6 is 0 Å². The predicted octanol–water partition coefficient (Wildman–Crippen LogP) is 1.58. The Morgan fingerprint density at radius 1 is 1.64 bits per heavy atom. The molecule has 5 heteroatoms. The lowest BCUT2D eigenvalue weighted by atomic mass is 10.0. The molecule has 0 bridgehead atoms. The second kappa shape index (κ2) is 4.21. The van der Waals surface area contributed by atoms with Gasteiger partial charge in [-0.05, 0) is 19.4 Å². The second-order valence-corrected chi connectivity index (χ2v) is 3.69. The Bertz CT molecular complexity index is 221. The zero-order valence-electron chi connectivity index (χ0n) is 8.17. The summed E-state index contributed by atoms with van der Waals surface area (Å²) in [5, 5.41) is 8.81. The van der Waals surface area contributed by atoms with Crippen molar-refractivity contribution in [1.82, 2.24) is 4.90 Å². The lowest BCUT2D eigenvalue weighted by molar-refractivity contribution is -0.147. The van der Waals surface area contributed by atoms with Crippen LogP contribution < -0.4 is 0 Å². The van der Waals surface area contributed by atoms with Crippen LogP contribution in [-0.4, -0.2) is 41.0 Å². The van der Waals surface area contributed by atoms with Gasteiger partial charge in [0.1, 0.15) is 6.04 Å². The SMILES string of the molecule is CC[C@@H](C(=O)O)N1CCCC(F)(F)C1. The van der Waals surface area contributed by atoms with Gasteiger partial charge in [0.25, 0.3) is 5.92 Å². The zero-order valence-corrected chi connectivity index (χ0v) is 8.17. The van der Waals surface area contributed by atoms with Gasteiger partial charge in [0.05, 0.1) is 6.54 Å². The molecule has 1 saturated heterocycles. The molecule has 1 aliphatic rings. The maximum Gasteiger partial charge on any atom is 0.320 e. The molecule has 14 heavy (non-hydrogen) atoms. The summed E-state index contributed by atoms with van der Waals surface area (Å²) in [6.07, 6.45) is 0.613. The maximum absolute atomic E-state index is 13.0. The van der Waals surface area contributed by atoms with E-state index in [2.05, 4.69) is 0 Å². The molecule has 82 valence electrons. The number of carboxylic acids is 1. The van der Waals surface area contributed by atoms with Crippen LogP contribution in [0.3, 0.4) is 0 Å². The van der Waals surface area contributed by atoms with Crippen LogP contribution in [0.15, 0.2) is 0 Å². The second-order valence-electron chi connectivity index (χ2n) is 3.69. The van der Waals surface area contributed by atoms with Crippen LogP contribution in [0.2, 0.25) is 0 Å². The van der Waals surface area contributed by atoms with Crippen molar-refractivity contribution >= 4 is 5.97 Å². The van der Waals surface area contributed by atoms with Crippen LogP contribution in [0.1, 0.15) is 26.2 Å². The summed E-state index contributed by atoms with van der Waals surface area (Å²) < 4.78 is 26.0. The minimum atomic E-state index is -2.72. The van der Waals surface area contributed by atoms with E-state index >= 15 is 0 Å². The average molecular weight is 207 g/mol. The number of nitrogens with zero attached hydrogens (tertiary/aromatic N) is 1. The van der Waals surface area contributed by atoms with Gasteiger partial charge in [-0.3, -0.25) is 9.69 Å². The van der Waals surface area contributed by atoms with Gasteiger partial charge in [0.15, 0.2) is 0 Å². The van der Waals surface area contributed by atoms with E-state index in [0.29, 0.717) is 19.4 Å². The molecule has 0 aromatic carbocycles. The first kappa shape index (κ1) is 11.4. The molecule has 0 unspecified atom stereocenters. The Balaban J connectivity index is 2.62. The molecule has 0 aromatic rings. The smallest absolute Gasteiger partial charge is 0.320 e. The lowest BCUT2D eigenvalue weighted by Crippen LogP contribution is -2.50. The molecular formula is C9H15F2NO2. The van der Waals surface area contributed by atoms with Gasteiger partial charge in [-0.1, -0.05) is 6.92 Å². The molecule has 1 rings (SSSR count). The molecule has 0 spiro atoms. The van der Waals surface area contributed by atoms with Gasteiger partial charge >= 0.3 is 5.97 Å².